The van der Waals surface area contributed by atoms with Gasteiger partial charge in [0.2, 0.25) is 0 Å². The third-order valence-electron chi connectivity index (χ3n) is 3.46. The molecule has 0 aromatic heterocycles. The Labute approximate surface area is 107 Å². The molecule has 1 heterocycles. The van der Waals surface area contributed by atoms with Gasteiger partial charge in [-0.2, -0.15) is 0 Å². The van der Waals surface area contributed by atoms with Crippen molar-refractivity contribution >= 4 is 5.97 Å². The molecule has 2 atom stereocenters. The molecule has 1 saturated heterocycles. The number of carbonyl (C=O) groups excluding carboxylic acids is 1. The van der Waals surface area contributed by atoms with Crippen LogP contribution in [0.15, 0.2) is 30.3 Å². The highest BCUT2D eigenvalue weighted by Gasteiger charge is 2.43. The van der Waals surface area contributed by atoms with Crippen molar-refractivity contribution in [3.63, 3.8) is 0 Å². The molecule has 0 amide bonds. The highest BCUT2D eigenvalue weighted by molar-refractivity contribution is 5.79. The van der Waals surface area contributed by atoms with E-state index in [-0.39, 0.29) is 0 Å². The largest absolute Gasteiger partial charge is 0.468 e. The number of benzene rings is 1. The molecule has 1 fully saturated rings. The summed E-state index contributed by atoms with van der Waals surface area (Å²) in [7, 11) is 1.35. The predicted octanol–water partition coefficient (Wildman–Crippen LogP) is 1.41. The first kappa shape index (κ1) is 13.1. The van der Waals surface area contributed by atoms with E-state index in [1.807, 2.05) is 30.3 Å². The van der Waals surface area contributed by atoms with Crippen molar-refractivity contribution in [2.24, 2.45) is 0 Å². The Morgan fingerprint density at radius 3 is 2.67 bits per heavy atom. The number of methoxy groups -OCH3 is 1. The maximum atomic E-state index is 12.0. The Hall–Kier alpha value is -1.39. The van der Waals surface area contributed by atoms with Crippen LogP contribution in [0.4, 0.5) is 0 Å². The van der Waals surface area contributed by atoms with Crippen LogP contribution >= 0.6 is 0 Å². The van der Waals surface area contributed by atoms with Crippen LogP contribution in [0.5, 0.6) is 0 Å². The first-order valence-corrected chi connectivity index (χ1v) is 6.27. The van der Waals surface area contributed by atoms with Gasteiger partial charge in [0.15, 0.2) is 0 Å². The zero-order valence-corrected chi connectivity index (χ0v) is 10.6. The smallest absolute Gasteiger partial charge is 0.317 e. The van der Waals surface area contributed by atoms with E-state index in [0.717, 1.165) is 24.9 Å². The van der Waals surface area contributed by atoms with Gasteiger partial charge in [-0.15, -0.1) is 0 Å². The highest BCUT2D eigenvalue weighted by atomic mass is 16.5. The highest BCUT2D eigenvalue weighted by Crippen LogP contribution is 2.33. The number of ether oxygens (including phenoxy) is 1. The van der Waals surface area contributed by atoms with Crippen LogP contribution in [-0.2, 0) is 9.53 Å². The zero-order valence-electron chi connectivity index (χ0n) is 10.6. The Bertz CT molecular complexity index is 399. The zero-order chi connectivity index (χ0) is 13.0. The molecule has 1 unspecified atom stereocenters. The molecule has 0 radical (unpaired) electrons. The number of esters is 1. The first-order chi connectivity index (χ1) is 8.67. The van der Waals surface area contributed by atoms with Crippen molar-refractivity contribution in [3.05, 3.63) is 35.9 Å². The number of carbonyl (C=O) groups is 1. The number of hydrogen-bond acceptors (Lipinski definition) is 4. The van der Waals surface area contributed by atoms with Gasteiger partial charge in [0.1, 0.15) is 11.6 Å². The SMILES string of the molecule is COC(=O)C(c1ccccc1)[C@]1(O)CCCCN1. The van der Waals surface area contributed by atoms with E-state index in [1.54, 1.807) is 0 Å². The van der Waals surface area contributed by atoms with Crippen LogP contribution in [0, 0.1) is 0 Å². The molecule has 2 N–H and O–H groups in total. The fourth-order valence-electron chi connectivity index (χ4n) is 2.53. The standard InChI is InChI=1S/C14H19NO3/c1-18-13(16)12(11-7-3-2-4-8-11)14(17)9-5-6-10-15-14/h2-4,7-8,12,15,17H,5-6,9-10H2,1H3/t12?,14-/m1/s1. The van der Waals surface area contributed by atoms with Crippen molar-refractivity contribution in [3.8, 4) is 0 Å². The Balaban J connectivity index is 2.33. The molecule has 98 valence electrons. The molecule has 1 aliphatic rings. The normalized spacial score (nSPS) is 25.4. The molecule has 0 aliphatic carbocycles. The summed E-state index contributed by atoms with van der Waals surface area (Å²) in [6.07, 6.45) is 2.48. The molecule has 4 nitrogen and oxygen atoms in total. The van der Waals surface area contributed by atoms with Gasteiger partial charge < -0.3 is 9.84 Å². The van der Waals surface area contributed by atoms with Gasteiger partial charge in [0, 0.05) is 0 Å². The third-order valence-corrected chi connectivity index (χ3v) is 3.46. The summed E-state index contributed by atoms with van der Waals surface area (Å²) in [5.41, 5.74) is -0.423. The summed E-state index contributed by atoms with van der Waals surface area (Å²) in [4.78, 5) is 12.0. The Morgan fingerprint density at radius 2 is 2.11 bits per heavy atom. The number of piperidine rings is 1. The summed E-state index contributed by atoms with van der Waals surface area (Å²) >= 11 is 0. The molecule has 1 aliphatic heterocycles. The first-order valence-electron chi connectivity index (χ1n) is 6.27. The number of rotatable bonds is 3. The minimum absolute atomic E-state index is 0.405. The molecule has 0 saturated carbocycles. The van der Waals surface area contributed by atoms with Crippen LogP contribution in [-0.4, -0.2) is 30.5 Å². The topological polar surface area (TPSA) is 58.6 Å². The van der Waals surface area contributed by atoms with E-state index in [2.05, 4.69) is 5.32 Å². The number of hydrogen-bond donors (Lipinski definition) is 2. The lowest BCUT2D eigenvalue weighted by Gasteiger charge is -2.38. The predicted molar refractivity (Wildman–Crippen MR) is 68.0 cm³/mol. The van der Waals surface area contributed by atoms with Gasteiger partial charge >= 0.3 is 5.97 Å². The van der Waals surface area contributed by atoms with E-state index >= 15 is 0 Å². The summed E-state index contributed by atoms with van der Waals surface area (Å²) in [5.74, 6) is -1.08. The van der Waals surface area contributed by atoms with Crippen LogP contribution in [0.1, 0.15) is 30.7 Å². The van der Waals surface area contributed by atoms with Crippen molar-refractivity contribution in [1.29, 1.82) is 0 Å². The van der Waals surface area contributed by atoms with Crippen LogP contribution < -0.4 is 5.32 Å². The summed E-state index contributed by atoms with van der Waals surface area (Å²) in [6.45, 7) is 0.719. The minimum atomic E-state index is -1.20. The third kappa shape index (κ3) is 2.54. The monoisotopic (exact) mass is 249 g/mol. The minimum Gasteiger partial charge on any atom is -0.468 e. The van der Waals surface area contributed by atoms with Gasteiger partial charge in [0.25, 0.3) is 0 Å². The average molecular weight is 249 g/mol. The van der Waals surface area contributed by atoms with Crippen LogP contribution in [0.3, 0.4) is 0 Å². The summed E-state index contributed by atoms with van der Waals surface area (Å²) < 4.78 is 4.85. The van der Waals surface area contributed by atoms with E-state index in [1.165, 1.54) is 7.11 Å². The lowest BCUT2D eigenvalue weighted by Crippen LogP contribution is -2.55. The Kier molecular flexibility index (Phi) is 3.99. The second-order valence-corrected chi connectivity index (χ2v) is 4.67. The quantitative estimate of drug-likeness (QED) is 0.795. The fourth-order valence-corrected chi connectivity index (χ4v) is 2.53. The van der Waals surface area contributed by atoms with Gasteiger partial charge in [-0.3, -0.25) is 10.1 Å². The number of aliphatic hydroxyl groups is 1. The summed E-state index contributed by atoms with van der Waals surface area (Å²) in [6, 6.07) is 9.29. The van der Waals surface area contributed by atoms with Gasteiger partial charge in [-0.05, 0) is 31.4 Å². The molecule has 1 aromatic carbocycles. The van der Waals surface area contributed by atoms with Crippen molar-refractivity contribution in [2.75, 3.05) is 13.7 Å². The van der Waals surface area contributed by atoms with E-state index in [0.29, 0.717) is 6.42 Å². The fraction of sp³-hybridized carbons (Fsp3) is 0.500. The maximum Gasteiger partial charge on any atom is 0.317 e. The molecule has 4 heteroatoms. The van der Waals surface area contributed by atoms with E-state index in [9.17, 15) is 9.90 Å². The van der Waals surface area contributed by atoms with E-state index in [4.69, 9.17) is 4.74 Å². The molecule has 0 spiro atoms. The van der Waals surface area contributed by atoms with Crippen molar-refractivity contribution in [1.82, 2.24) is 5.32 Å². The maximum absolute atomic E-state index is 12.0. The molecular formula is C14H19NO3. The van der Waals surface area contributed by atoms with Gasteiger partial charge in [0.05, 0.1) is 7.11 Å². The molecule has 18 heavy (non-hydrogen) atoms. The van der Waals surface area contributed by atoms with Crippen LogP contribution in [0.25, 0.3) is 0 Å². The molecule has 1 aromatic rings. The molecule has 0 bridgehead atoms. The average Bonchev–Trinajstić information content (AvgIpc) is 2.40. The molecular weight excluding hydrogens is 230 g/mol. The second-order valence-electron chi connectivity index (χ2n) is 4.67. The second kappa shape index (κ2) is 5.50. The van der Waals surface area contributed by atoms with Crippen molar-refractivity contribution < 1.29 is 14.6 Å². The molecule has 2 rings (SSSR count). The van der Waals surface area contributed by atoms with Crippen LogP contribution in [0.2, 0.25) is 0 Å². The lowest BCUT2D eigenvalue weighted by atomic mass is 9.83. The van der Waals surface area contributed by atoms with Gasteiger partial charge in [-0.25, -0.2) is 0 Å². The van der Waals surface area contributed by atoms with E-state index < -0.39 is 17.6 Å². The lowest BCUT2D eigenvalue weighted by molar-refractivity contribution is -0.153. The van der Waals surface area contributed by atoms with Gasteiger partial charge in [-0.1, -0.05) is 30.3 Å². The summed E-state index contributed by atoms with van der Waals surface area (Å²) in [5, 5.41) is 13.7. The number of nitrogens with one attached hydrogen (secondary N) is 1. The van der Waals surface area contributed by atoms with Crippen molar-refractivity contribution in [2.45, 2.75) is 30.9 Å². The Morgan fingerprint density at radius 1 is 1.39 bits per heavy atom.